The quantitative estimate of drug-likeness (QED) is 0.477. The summed E-state index contributed by atoms with van der Waals surface area (Å²) in [5.41, 5.74) is 2.23. The van der Waals surface area contributed by atoms with Gasteiger partial charge in [-0.1, -0.05) is 0 Å². The molecule has 36 heavy (non-hydrogen) atoms. The maximum absolute atomic E-state index is 14.6. The molecule has 2 aliphatic heterocycles. The average Bonchev–Trinajstić information content (AvgIpc) is 3.36. The molecule has 2 fully saturated rings. The lowest BCUT2D eigenvalue weighted by Gasteiger charge is -2.39. The second kappa shape index (κ2) is 9.55. The van der Waals surface area contributed by atoms with E-state index in [1.807, 2.05) is 6.07 Å². The van der Waals surface area contributed by atoms with Crippen LogP contribution in [0.1, 0.15) is 30.4 Å². The first-order valence-corrected chi connectivity index (χ1v) is 12.1. The molecule has 3 aromatic rings. The van der Waals surface area contributed by atoms with E-state index in [1.54, 1.807) is 31.3 Å². The minimum Gasteiger partial charge on any atom is -0.388 e. The molecular weight excluding hydrogens is 457 g/mol. The largest absolute Gasteiger partial charge is 0.388 e. The van der Waals surface area contributed by atoms with Gasteiger partial charge in [0.25, 0.3) is 5.56 Å². The van der Waals surface area contributed by atoms with Gasteiger partial charge in [-0.2, -0.15) is 5.26 Å². The number of rotatable bonds is 5. The Morgan fingerprint density at radius 3 is 2.64 bits per heavy atom. The van der Waals surface area contributed by atoms with Crippen LogP contribution in [0.4, 0.5) is 15.9 Å². The number of anilines is 2. The van der Waals surface area contributed by atoms with E-state index in [0.717, 1.165) is 44.7 Å². The Balaban J connectivity index is 1.62. The van der Waals surface area contributed by atoms with E-state index < -0.39 is 5.82 Å². The van der Waals surface area contributed by atoms with E-state index in [1.165, 1.54) is 35.4 Å². The van der Waals surface area contributed by atoms with Gasteiger partial charge >= 0.3 is 0 Å². The molecule has 0 radical (unpaired) electrons. The number of halogens is 1. The van der Waals surface area contributed by atoms with Crippen molar-refractivity contribution in [2.45, 2.75) is 19.3 Å². The summed E-state index contributed by atoms with van der Waals surface area (Å²) in [5.74, 6) is 0.188. The second-order valence-corrected chi connectivity index (χ2v) is 9.50. The number of nitrogens with zero attached hydrogens (tertiary/aromatic N) is 4. The van der Waals surface area contributed by atoms with Crippen molar-refractivity contribution in [1.82, 2.24) is 14.9 Å². The molecule has 8 nitrogen and oxygen atoms in total. The number of hydrogen-bond donors (Lipinski definition) is 3. The monoisotopic (exact) mass is 485 g/mol. The van der Waals surface area contributed by atoms with Crippen LogP contribution in [-0.4, -0.2) is 49.0 Å². The number of piperidine rings is 1. The van der Waals surface area contributed by atoms with E-state index in [9.17, 15) is 9.18 Å². The maximum atomic E-state index is 14.6. The summed E-state index contributed by atoms with van der Waals surface area (Å²) in [6.45, 7) is 3.68. The molecule has 1 spiro atoms. The summed E-state index contributed by atoms with van der Waals surface area (Å²) in [6, 6.07) is 12.9. The number of benzene rings is 2. The van der Waals surface area contributed by atoms with Gasteiger partial charge in [0, 0.05) is 55.8 Å². The summed E-state index contributed by atoms with van der Waals surface area (Å²) in [4.78, 5) is 20.6. The highest BCUT2D eigenvalue weighted by Crippen LogP contribution is 2.38. The first kappa shape index (κ1) is 23.7. The number of aromatic nitrogens is 2. The lowest BCUT2D eigenvalue weighted by atomic mass is 9.78. The Hall–Kier alpha value is -4.03. The van der Waals surface area contributed by atoms with Gasteiger partial charge in [0.1, 0.15) is 23.5 Å². The van der Waals surface area contributed by atoms with E-state index in [0.29, 0.717) is 28.0 Å². The first-order valence-electron chi connectivity index (χ1n) is 12.1. The van der Waals surface area contributed by atoms with Crippen LogP contribution in [0.5, 0.6) is 0 Å². The van der Waals surface area contributed by atoms with Crippen molar-refractivity contribution in [1.29, 1.82) is 10.7 Å². The van der Waals surface area contributed by atoms with Gasteiger partial charge in [-0.05, 0) is 67.6 Å². The fourth-order valence-electron chi connectivity index (χ4n) is 5.29. The smallest absolute Gasteiger partial charge is 0.260 e. The van der Waals surface area contributed by atoms with Crippen LogP contribution in [0.2, 0.25) is 0 Å². The normalized spacial score (nSPS) is 16.6. The van der Waals surface area contributed by atoms with E-state index in [-0.39, 0.29) is 16.9 Å². The van der Waals surface area contributed by atoms with Gasteiger partial charge in [-0.3, -0.25) is 9.36 Å². The predicted molar refractivity (Wildman–Crippen MR) is 139 cm³/mol. The molecule has 0 bridgehead atoms. The number of nitrogens with one attached hydrogen (secondary N) is 3. The highest BCUT2D eigenvalue weighted by atomic mass is 19.1. The predicted octanol–water partition coefficient (Wildman–Crippen LogP) is 3.53. The SMILES string of the molecule is CNc1ccc(-n2c(-c3ccc(C#N)c(F)c3)nc(N3CCC4(CCNC4)CC3)cc2=O)cc1C=N. The molecule has 3 heterocycles. The van der Waals surface area contributed by atoms with Crippen LogP contribution in [0.3, 0.4) is 0 Å². The number of nitriles is 1. The first-order chi connectivity index (χ1) is 17.5. The zero-order valence-corrected chi connectivity index (χ0v) is 20.1. The molecule has 2 aromatic carbocycles. The Labute approximate surface area is 208 Å². The fraction of sp³-hybridized carbons (Fsp3) is 0.333. The molecule has 2 aliphatic rings. The molecule has 0 saturated carbocycles. The highest BCUT2D eigenvalue weighted by molar-refractivity contribution is 5.87. The molecule has 5 rings (SSSR count). The summed E-state index contributed by atoms with van der Waals surface area (Å²) < 4.78 is 16.1. The van der Waals surface area contributed by atoms with E-state index >= 15 is 0 Å². The van der Waals surface area contributed by atoms with Crippen LogP contribution >= 0.6 is 0 Å². The van der Waals surface area contributed by atoms with Gasteiger partial charge in [0.05, 0.1) is 11.3 Å². The van der Waals surface area contributed by atoms with Crippen molar-refractivity contribution in [3.05, 3.63) is 69.8 Å². The zero-order valence-electron chi connectivity index (χ0n) is 20.1. The van der Waals surface area contributed by atoms with Crippen LogP contribution in [0.25, 0.3) is 17.1 Å². The summed E-state index contributed by atoms with van der Waals surface area (Å²) in [7, 11) is 1.76. The lowest BCUT2D eigenvalue weighted by molar-refractivity contribution is 0.247. The van der Waals surface area contributed by atoms with E-state index in [2.05, 4.69) is 15.5 Å². The van der Waals surface area contributed by atoms with Gasteiger partial charge in [-0.25, -0.2) is 9.37 Å². The molecule has 9 heteroatoms. The minimum absolute atomic E-state index is 0.0697. The Morgan fingerprint density at radius 1 is 1.19 bits per heavy atom. The third kappa shape index (κ3) is 4.25. The molecule has 1 aromatic heterocycles. The minimum atomic E-state index is -0.666. The Bertz CT molecular complexity index is 1410. The van der Waals surface area contributed by atoms with Gasteiger partial charge in [0.2, 0.25) is 0 Å². The lowest BCUT2D eigenvalue weighted by Crippen LogP contribution is -2.42. The second-order valence-electron chi connectivity index (χ2n) is 9.50. The average molecular weight is 486 g/mol. The molecule has 0 amide bonds. The Kier molecular flexibility index (Phi) is 6.29. The maximum Gasteiger partial charge on any atom is 0.260 e. The molecule has 0 aliphatic carbocycles. The summed E-state index contributed by atoms with van der Waals surface area (Å²) >= 11 is 0. The Morgan fingerprint density at radius 2 is 2.00 bits per heavy atom. The van der Waals surface area contributed by atoms with Crippen LogP contribution in [0, 0.1) is 28.0 Å². The van der Waals surface area contributed by atoms with Crippen LogP contribution < -0.4 is 21.1 Å². The molecule has 184 valence electrons. The van der Waals surface area contributed by atoms with Crippen molar-refractivity contribution < 1.29 is 4.39 Å². The molecular formula is C27H28FN7O. The van der Waals surface area contributed by atoms with E-state index in [4.69, 9.17) is 15.7 Å². The molecule has 0 atom stereocenters. The topological polar surface area (TPSA) is 110 Å². The summed E-state index contributed by atoms with van der Waals surface area (Å²) in [6.07, 6.45) is 4.44. The third-order valence-electron chi connectivity index (χ3n) is 7.45. The third-order valence-corrected chi connectivity index (χ3v) is 7.45. The van der Waals surface area contributed by atoms with Gasteiger partial charge in [-0.15, -0.1) is 0 Å². The van der Waals surface area contributed by atoms with Crippen LogP contribution in [0.15, 0.2) is 47.3 Å². The van der Waals surface area contributed by atoms with Crippen molar-refractivity contribution in [3.8, 4) is 23.1 Å². The fourth-order valence-corrected chi connectivity index (χ4v) is 5.29. The molecule has 0 unspecified atom stereocenters. The van der Waals surface area contributed by atoms with Crippen molar-refractivity contribution in [2.24, 2.45) is 5.41 Å². The van der Waals surface area contributed by atoms with Crippen molar-refractivity contribution in [2.75, 3.05) is 43.4 Å². The highest BCUT2D eigenvalue weighted by Gasteiger charge is 2.37. The van der Waals surface area contributed by atoms with Crippen molar-refractivity contribution >= 4 is 17.7 Å². The standard InChI is InChI=1S/C27H28FN7O/c1-31-23-5-4-21(12-20(23)16-30)35-25(36)14-24(34-10-7-27(8-11-34)6-9-32-17-27)33-26(35)18-2-3-19(15-29)22(28)13-18/h2-5,12-14,16,30-32H,6-11,17H2,1H3. The molecule has 2 saturated heterocycles. The van der Waals surface area contributed by atoms with Crippen LogP contribution in [-0.2, 0) is 0 Å². The van der Waals surface area contributed by atoms with Crippen molar-refractivity contribution in [3.63, 3.8) is 0 Å². The summed E-state index contributed by atoms with van der Waals surface area (Å²) in [5, 5.41) is 23.4. The molecule has 3 N–H and O–H groups in total. The van der Waals surface area contributed by atoms with Gasteiger partial charge < -0.3 is 20.9 Å². The van der Waals surface area contributed by atoms with Gasteiger partial charge in [0.15, 0.2) is 0 Å². The zero-order chi connectivity index (χ0) is 25.3. The number of hydrogen-bond acceptors (Lipinski definition) is 7.